The van der Waals surface area contributed by atoms with Crippen LogP contribution in [-0.4, -0.2) is 43.8 Å². The van der Waals surface area contributed by atoms with Gasteiger partial charge in [-0.2, -0.15) is 10.1 Å². The number of nitrogens with one attached hydrogen (secondary N) is 2. The molecule has 1 atom stereocenters. The Morgan fingerprint density at radius 2 is 1.97 bits per heavy atom. The van der Waals surface area contributed by atoms with Crippen molar-refractivity contribution >= 4 is 36.0 Å². The van der Waals surface area contributed by atoms with E-state index in [1.807, 2.05) is 4.90 Å². The number of fused-ring (bicyclic) bond motifs is 1. The fourth-order valence-electron chi connectivity index (χ4n) is 4.88. The monoisotopic (exact) mass is 418 g/mol. The van der Waals surface area contributed by atoms with E-state index in [4.69, 9.17) is 9.97 Å². The van der Waals surface area contributed by atoms with E-state index in [9.17, 15) is 9.90 Å². The second-order valence-electron chi connectivity index (χ2n) is 8.16. The van der Waals surface area contributed by atoms with Crippen LogP contribution in [0.1, 0.15) is 67.8 Å². The molecule has 2 aromatic rings. The first-order valence-corrected chi connectivity index (χ1v) is 10.4. The first-order chi connectivity index (χ1) is 13.7. The number of rotatable bonds is 5. The summed E-state index contributed by atoms with van der Waals surface area (Å²) in [5.74, 6) is 1.86. The molecule has 2 aliphatic carbocycles. The molecule has 2 fully saturated rings. The molecule has 29 heavy (non-hydrogen) atoms. The van der Waals surface area contributed by atoms with Crippen molar-refractivity contribution in [2.24, 2.45) is 0 Å². The average Bonchev–Trinajstić information content (AvgIpc) is 3.47. The molecule has 1 saturated heterocycles. The highest BCUT2D eigenvalue weighted by Gasteiger charge is 2.33. The molecule has 0 spiro atoms. The number of aromatic nitrogens is 4. The third kappa shape index (κ3) is 3.77. The maximum atomic E-state index is 11.6. The largest absolute Gasteiger partial charge is 0.480 e. The molecule has 0 bridgehead atoms. The van der Waals surface area contributed by atoms with Gasteiger partial charge in [0.05, 0.1) is 5.69 Å². The lowest BCUT2D eigenvalue weighted by Crippen LogP contribution is -2.37. The summed E-state index contributed by atoms with van der Waals surface area (Å²) in [7, 11) is 0. The molecule has 0 radical (unpaired) electrons. The van der Waals surface area contributed by atoms with Gasteiger partial charge < -0.3 is 15.3 Å². The molecule has 3 aliphatic rings. The van der Waals surface area contributed by atoms with Gasteiger partial charge in [-0.25, -0.2) is 9.78 Å². The van der Waals surface area contributed by atoms with Crippen molar-refractivity contribution in [2.45, 2.75) is 69.7 Å². The van der Waals surface area contributed by atoms with Gasteiger partial charge in [0.25, 0.3) is 0 Å². The van der Waals surface area contributed by atoms with Crippen LogP contribution in [0.25, 0.3) is 0 Å². The quantitative estimate of drug-likeness (QED) is 0.681. The Balaban J connectivity index is 0.00000205. The second-order valence-corrected chi connectivity index (χ2v) is 8.16. The Hall–Kier alpha value is -2.35. The molecular weight excluding hydrogens is 392 g/mol. The predicted molar refractivity (Wildman–Crippen MR) is 112 cm³/mol. The van der Waals surface area contributed by atoms with Gasteiger partial charge in [0, 0.05) is 29.8 Å². The standard InChI is InChI=1S/C20H26N6O2.ClH/c27-19(28)16-9-4-10-26(16)20-21-14-8-3-7-13(14)18(23-20)22-17-11-15(24-25-17)12-5-1-2-6-12;/h11-12,16H,1-10H2,(H,27,28)(H2,21,22,23,24,25);1H. The molecule has 9 heteroatoms. The minimum Gasteiger partial charge on any atom is -0.480 e. The zero-order valence-electron chi connectivity index (χ0n) is 16.4. The van der Waals surface area contributed by atoms with Crippen molar-refractivity contribution < 1.29 is 9.90 Å². The van der Waals surface area contributed by atoms with Crippen LogP contribution < -0.4 is 10.2 Å². The number of aliphatic carboxylic acids is 1. The SMILES string of the molecule is Cl.O=C(O)C1CCCN1c1nc2c(c(Nc3cc(C4CCCC4)[nH]n3)n1)CCC2. The van der Waals surface area contributed by atoms with Gasteiger partial charge in [0.15, 0.2) is 5.82 Å². The lowest BCUT2D eigenvalue weighted by Gasteiger charge is -2.23. The zero-order valence-corrected chi connectivity index (χ0v) is 17.2. The summed E-state index contributed by atoms with van der Waals surface area (Å²) >= 11 is 0. The van der Waals surface area contributed by atoms with Gasteiger partial charge in [-0.3, -0.25) is 5.10 Å². The number of halogens is 1. The predicted octanol–water partition coefficient (Wildman–Crippen LogP) is 3.56. The maximum Gasteiger partial charge on any atom is 0.326 e. The van der Waals surface area contributed by atoms with Gasteiger partial charge in [0.2, 0.25) is 5.95 Å². The number of carboxylic acids is 1. The molecule has 5 rings (SSSR count). The Morgan fingerprint density at radius 1 is 1.14 bits per heavy atom. The molecule has 0 amide bonds. The van der Waals surface area contributed by atoms with Crippen LogP contribution in [0.3, 0.4) is 0 Å². The topological polar surface area (TPSA) is 107 Å². The Labute approximate surface area is 175 Å². The van der Waals surface area contributed by atoms with Gasteiger partial charge in [-0.15, -0.1) is 12.4 Å². The Morgan fingerprint density at radius 3 is 2.76 bits per heavy atom. The first kappa shape index (κ1) is 19.9. The first-order valence-electron chi connectivity index (χ1n) is 10.4. The molecule has 2 aromatic heterocycles. The summed E-state index contributed by atoms with van der Waals surface area (Å²) in [6, 6.07) is 1.56. The van der Waals surface area contributed by atoms with Gasteiger partial charge in [-0.05, 0) is 44.9 Å². The minimum atomic E-state index is -0.801. The smallest absolute Gasteiger partial charge is 0.326 e. The number of hydrogen-bond acceptors (Lipinski definition) is 6. The van der Waals surface area contributed by atoms with Crippen LogP contribution in [-0.2, 0) is 17.6 Å². The van der Waals surface area contributed by atoms with Crippen LogP contribution >= 0.6 is 12.4 Å². The molecule has 156 valence electrons. The van der Waals surface area contributed by atoms with Gasteiger partial charge in [0.1, 0.15) is 11.9 Å². The van der Waals surface area contributed by atoms with Crippen molar-refractivity contribution in [3.8, 4) is 0 Å². The van der Waals surface area contributed by atoms with Crippen molar-refractivity contribution in [1.82, 2.24) is 20.2 Å². The van der Waals surface area contributed by atoms with Gasteiger partial charge in [-0.1, -0.05) is 12.8 Å². The van der Waals surface area contributed by atoms with Crippen LogP contribution in [0.4, 0.5) is 17.6 Å². The number of aromatic amines is 1. The number of hydrogen-bond donors (Lipinski definition) is 3. The molecule has 0 aromatic carbocycles. The fourth-order valence-corrected chi connectivity index (χ4v) is 4.88. The third-order valence-electron chi connectivity index (χ3n) is 6.36. The highest BCUT2D eigenvalue weighted by Crippen LogP contribution is 2.35. The zero-order chi connectivity index (χ0) is 19.1. The maximum absolute atomic E-state index is 11.6. The number of nitrogens with zero attached hydrogens (tertiary/aromatic N) is 4. The lowest BCUT2D eigenvalue weighted by atomic mass is 10.0. The van der Waals surface area contributed by atoms with E-state index < -0.39 is 12.0 Å². The Kier molecular flexibility index (Phi) is 5.63. The number of carbonyl (C=O) groups is 1. The number of aryl methyl sites for hydroxylation is 1. The van der Waals surface area contributed by atoms with Crippen LogP contribution in [0.15, 0.2) is 6.07 Å². The summed E-state index contributed by atoms with van der Waals surface area (Å²) in [6.07, 6.45) is 9.43. The van der Waals surface area contributed by atoms with Crippen molar-refractivity contribution in [1.29, 1.82) is 0 Å². The fraction of sp³-hybridized carbons (Fsp3) is 0.600. The number of H-pyrrole nitrogens is 1. The highest BCUT2D eigenvalue weighted by molar-refractivity contribution is 5.85. The van der Waals surface area contributed by atoms with Gasteiger partial charge >= 0.3 is 5.97 Å². The van der Waals surface area contributed by atoms with E-state index in [1.54, 1.807) is 0 Å². The molecule has 3 heterocycles. The van der Waals surface area contributed by atoms with E-state index in [2.05, 4.69) is 21.6 Å². The normalized spacial score (nSPS) is 21.2. The van der Waals surface area contributed by atoms with Crippen LogP contribution in [0, 0.1) is 0 Å². The van der Waals surface area contributed by atoms with E-state index in [-0.39, 0.29) is 12.4 Å². The molecule has 1 unspecified atom stereocenters. The minimum absolute atomic E-state index is 0. The summed E-state index contributed by atoms with van der Waals surface area (Å²) in [5.41, 5.74) is 3.37. The van der Waals surface area contributed by atoms with Crippen LogP contribution in [0.2, 0.25) is 0 Å². The summed E-state index contributed by atoms with van der Waals surface area (Å²) in [4.78, 5) is 22.9. The number of carboxylic acid groups (broad SMARTS) is 1. The molecular formula is C20H27ClN6O2. The second kappa shape index (κ2) is 8.18. The summed E-state index contributed by atoms with van der Waals surface area (Å²) < 4.78 is 0. The van der Waals surface area contributed by atoms with E-state index in [0.29, 0.717) is 24.8 Å². The summed E-state index contributed by atoms with van der Waals surface area (Å²) in [5, 5.41) is 20.5. The van der Waals surface area contributed by atoms with E-state index in [0.717, 1.165) is 48.6 Å². The van der Waals surface area contributed by atoms with E-state index >= 15 is 0 Å². The van der Waals surface area contributed by atoms with Crippen LogP contribution in [0.5, 0.6) is 0 Å². The molecule has 1 saturated carbocycles. The molecule has 1 aliphatic heterocycles. The van der Waals surface area contributed by atoms with Crippen molar-refractivity contribution in [3.05, 3.63) is 23.0 Å². The van der Waals surface area contributed by atoms with Crippen molar-refractivity contribution in [2.75, 3.05) is 16.8 Å². The Bertz CT molecular complexity index is 895. The van der Waals surface area contributed by atoms with Crippen molar-refractivity contribution in [3.63, 3.8) is 0 Å². The molecule has 8 nitrogen and oxygen atoms in total. The lowest BCUT2D eigenvalue weighted by molar-refractivity contribution is -0.138. The summed E-state index contributed by atoms with van der Waals surface area (Å²) in [6.45, 7) is 0.684. The average molecular weight is 419 g/mol. The molecule has 3 N–H and O–H groups in total. The number of anilines is 3. The third-order valence-corrected chi connectivity index (χ3v) is 6.36. The van der Waals surface area contributed by atoms with E-state index in [1.165, 1.54) is 31.4 Å². The highest BCUT2D eigenvalue weighted by atomic mass is 35.5.